The summed E-state index contributed by atoms with van der Waals surface area (Å²) in [6.45, 7) is 0. The van der Waals surface area contributed by atoms with Gasteiger partial charge in [-0.25, -0.2) is 0 Å². The molecule has 9 heteroatoms. The maximum Gasteiger partial charge on any atom is 0.135 e. The fraction of sp³-hybridized carbons (Fsp3) is 0.143. The van der Waals surface area contributed by atoms with E-state index in [1.54, 1.807) is 78.9 Å². The molecule has 0 aromatic heterocycles. The van der Waals surface area contributed by atoms with Crippen molar-refractivity contribution in [1.82, 2.24) is 0 Å². The van der Waals surface area contributed by atoms with Crippen LogP contribution in [0.1, 0.15) is 85.8 Å². The van der Waals surface area contributed by atoms with Crippen molar-refractivity contribution >= 4 is 0 Å². The van der Waals surface area contributed by atoms with Crippen molar-refractivity contribution < 1.29 is 45.6 Å². The predicted octanol–water partition coefficient (Wildman–Crippen LogP) is 7.76. The Balaban J connectivity index is 1.47. The molecule has 254 valence electrons. The number of phenolic OH excluding ortho intramolecular Hbond substituents is 8. The SMILES string of the molecule is Oc1ccc(C2Oc3cc(O)cc4c3C2c2cc(O)cc(O)c2C(c2ccc(O)cc2)C2c3cc(O)cc(O)c3C4C2c2ccc(O)cc2)cc1. The van der Waals surface area contributed by atoms with E-state index < -0.39 is 35.7 Å². The van der Waals surface area contributed by atoms with Crippen LogP contribution in [0.2, 0.25) is 0 Å². The maximum atomic E-state index is 12.1. The van der Waals surface area contributed by atoms with Crippen molar-refractivity contribution in [3.05, 3.63) is 159 Å². The summed E-state index contributed by atoms with van der Waals surface area (Å²) in [6.07, 6.45) is -0.738. The molecule has 0 saturated carbocycles. The van der Waals surface area contributed by atoms with Crippen molar-refractivity contribution in [3.8, 4) is 51.7 Å². The summed E-state index contributed by atoms with van der Waals surface area (Å²) in [5.41, 5.74) is 5.65. The number of aromatic hydroxyl groups is 8. The van der Waals surface area contributed by atoms with Gasteiger partial charge >= 0.3 is 0 Å². The standard InChI is InChI=1S/C42H32O9/c43-22-7-1-19(2-8-22)34-36-29(14-26(47)16-31(36)49)41-38-30(15-27(48)18-33(38)51-42(41)21-5-11-24(45)12-6-21)40-35(20-3-9-23(44)10-4-20)39(34)28-13-25(46)17-32(50)37(28)40/h1-18,34-35,39-50H. The lowest BCUT2D eigenvalue weighted by Crippen LogP contribution is -2.20. The first-order valence-corrected chi connectivity index (χ1v) is 16.6. The van der Waals surface area contributed by atoms with E-state index in [-0.39, 0.29) is 46.0 Å². The van der Waals surface area contributed by atoms with Crippen molar-refractivity contribution in [3.63, 3.8) is 0 Å². The molecule has 2 bridgehead atoms. The Kier molecular flexibility index (Phi) is 6.60. The van der Waals surface area contributed by atoms with Crippen LogP contribution in [-0.2, 0) is 0 Å². The van der Waals surface area contributed by atoms with Crippen LogP contribution >= 0.6 is 0 Å². The molecule has 1 heterocycles. The van der Waals surface area contributed by atoms with E-state index in [9.17, 15) is 40.9 Å². The highest BCUT2D eigenvalue weighted by Crippen LogP contribution is 2.68. The van der Waals surface area contributed by atoms with Crippen molar-refractivity contribution in [2.24, 2.45) is 0 Å². The highest BCUT2D eigenvalue weighted by atomic mass is 16.5. The second kappa shape index (κ2) is 11.0. The number of fused-ring (bicyclic) bond motifs is 8. The van der Waals surface area contributed by atoms with E-state index >= 15 is 0 Å². The average molecular weight is 681 g/mol. The van der Waals surface area contributed by atoms with Gasteiger partial charge in [-0.05, 0) is 88.0 Å². The number of hydrogen-bond donors (Lipinski definition) is 8. The summed E-state index contributed by atoms with van der Waals surface area (Å²) in [4.78, 5) is 0. The molecule has 0 fully saturated rings. The average Bonchev–Trinajstić information content (AvgIpc) is 3.64. The van der Waals surface area contributed by atoms with Crippen molar-refractivity contribution in [1.29, 1.82) is 0 Å². The van der Waals surface area contributed by atoms with Crippen LogP contribution in [0.3, 0.4) is 0 Å². The zero-order valence-corrected chi connectivity index (χ0v) is 26.8. The van der Waals surface area contributed by atoms with Gasteiger partial charge in [0.15, 0.2) is 0 Å². The van der Waals surface area contributed by atoms with Gasteiger partial charge in [-0.3, -0.25) is 0 Å². The molecule has 1 aliphatic heterocycles. The van der Waals surface area contributed by atoms with Crippen LogP contribution in [0.4, 0.5) is 0 Å². The quantitative estimate of drug-likeness (QED) is 0.0931. The smallest absolute Gasteiger partial charge is 0.135 e. The van der Waals surface area contributed by atoms with Crippen LogP contribution in [0.5, 0.6) is 51.7 Å². The molecule has 0 saturated heterocycles. The highest BCUT2D eigenvalue weighted by molar-refractivity contribution is 5.70. The Morgan fingerprint density at radius 2 is 0.804 bits per heavy atom. The third-order valence-corrected chi connectivity index (χ3v) is 10.9. The summed E-state index contributed by atoms with van der Waals surface area (Å²) in [7, 11) is 0. The lowest BCUT2D eigenvalue weighted by Gasteiger charge is -2.34. The number of benzene rings is 6. The van der Waals surface area contributed by atoms with Crippen LogP contribution in [0, 0.1) is 0 Å². The molecule has 6 aromatic carbocycles. The third kappa shape index (κ3) is 4.61. The number of rotatable bonds is 3. The summed E-state index contributed by atoms with van der Waals surface area (Å²) in [6, 6.07) is 29.1. The Bertz CT molecular complexity index is 2350. The van der Waals surface area contributed by atoms with Gasteiger partial charge in [-0.15, -0.1) is 0 Å². The van der Waals surface area contributed by atoms with E-state index in [4.69, 9.17) is 4.74 Å². The van der Waals surface area contributed by atoms with Gasteiger partial charge in [0.1, 0.15) is 57.8 Å². The highest BCUT2D eigenvalue weighted by Gasteiger charge is 2.54. The molecule has 9 nitrogen and oxygen atoms in total. The van der Waals surface area contributed by atoms with E-state index in [2.05, 4.69) is 0 Å². The van der Waals surface area contributed by atoms with E-state index in [1.807, 2.05) is 12.1 Å². The number of hydrogen-bond acceptors (Lipinski definition) is 9. The summed E-state index contributed by atoms with van der Waals surface area (Å²) in [5, 5.41) is 88.2. The van der Waals surface area contributed by atoms with E-state index in [0.717, 1.165) is 5.56 Å². The fourth-order valence-electron chi connectivity index (χ4n) is 9.07. The molecule has 9 rings (SSSR count). The first kappa shape index (κ1) is 30.6. The molecule has 8 N–H and O–H groups in total. The monoisotopic (exact) mass is 680 g/mol. The van der Waals surface area contributed by atoms with Gasteiger partial charge in [0.25, 0.3) is 0 Å². The first-order chi connectivity index (χ1) is 24.6. The zero-order chi connectivity index (χ0) is 35.3. The minimum absolute atomic E-state index is 0.0381. The van der Waals surface area contributed by atoms with Gasteiger partial charge in [0.2, 0.25) is 0 Å². The molecule has 2 aliphatic carbocycles. The topological polar surface area (TPSA) is 171 Å². The molecule has 6 atom stereocenters. The minimum Gasteiger partial charge on any atom is -0.508 e. The Morgan fingerprint density at radius 3 is 1.37 bits per heavy atom. The first-order valence-electron chi connectivity index (χ1n) is 16.6. The lowest BCUT2D eigenvalue weighted by molar-refractivity contribution is 0.221. The number of ether oxygens (including phenoxy) is 1. The van der Waals surface area contributed by atoms with Gasteiger partial charge in [-0.2, -0.15) is 0 Å². The zero-order valence-electron chi connectivity index (χ0n) is 26.8. The predicted molar refractivity (Wildman–Crippen MR) is 186 cm³/mol. The van der Waals surface area contributed by atoms with Crippen LogP contribution in [-0.4, -0.2) is 40.9 Å². The van der Waals surface area contributed by atoms with Crippen LogP contribution < -0.4 is 4.74 Å². The summed E-state index contributed by atoms with van der Waals surface area (Å²) < 4.78 is 6.71. The van der Waals surface area contributed by atoms with Crippen LogP contribution in [0.25, 0.3) is 0 Å². The molecule has 0 amide bonds. The van der Waals surface area contributed by atoms with Crippen LogP contribution in [0.15, 0.2) is 109 Å². The maximum absolute atomic E-state index is 12.1. The number of phenols is 8. The summed E-state index contributed by atoms with van der Waals surface area (Å²) >= 11 is 0. The second-order valence-corrected chi connectivity index (χ2v) is 13.7. The molecule has 6 unspecified atom stereocenters. The lowest BCUT2D eigenvalue weighted by atomic mass is 9.68. The van der Waals surface area contributed by atoms with Gasteiger partial charge in [0, 0.05) is 58.6 Å². The Hall–Kier alpha value is -6.48. The van der Waals surface area contributed by atoms with Crippen molar-refractivity contribution in [2.75, 3.05) is 0 Å². The molecule has 0 radical (unpaired) electrons. The van der Waals surface area contributed by atoms with E-state index in [1.165, 1.54) is 18.2 Å². The Labute approximate surface area is 291 Å². The van der Waals surface area contributed by atoms with Gasteiger partial charge in [0.05, 0.1) is 5.92 Å². The molecule has 3 aliphatic rings. The second-order valence-electron chi connectivity index (χ2n) is 13.7. The minimum atomic E-state index is -0.738. The normalized spacial score (nSPS) is 22.5. The molecule has 0 spiro atoms. The molecule has 51 heavy (non-hydrogen) atoms. The summed E-state index contributed by atoms with van der Waals surface area (Å²) in [5.74, 6) is -3.37. The van der Waals surface area contributed by atoms with E-state index in [0.29, 0.717) is 50.3 Å². The molecular formula is C42H32O9. The molecule has 6 aromatic rings. The molecular weight excluding hydrogens is 648 g/mol. The third-order valence-electron chi connectivity index (χ3n) is 10.9. The fourth-order valence-corrected chi connectivity index (χ4v) is 9.07. The van der Waals surface area contributed by atoms with Crippen molar-refractivity contribution in [2.45, 2.75) is 35.7 Å². The van der Waals surface area contributed by atoms with Gasteiger partial charge in [-0.1, -0.05) is 36.4 Å². The van der Waals surface area contributed by atoms with Gasteiger partial charge < -0.3 is 45.6 Å². The Morgan fingerprint density at radius 1 is 0.353 bits per heavy atom. The largest absolute Gasteiger partial charge is 0.508 e.